The summed E-state index contributed by atoms with van der Waals surface area (Å²) in [5, 5.41) is 3.86. The van der Waals surface area contributed by atoms with E-state index in [1.165, 1.54) is 28.3 Å². The summed E-state index contributed by atoms with van der Waals surface area (Å²) >= 11 is 12.4. The molecule has 1 aliphatic heterocycles. The minimum absolute atomic E-state index is 0.0753. The van der Waals surface area contributed by atoms with E-state index in [1.54, 1.807) is 18.2 Å². The lowest BCUT2D eigenvalue weighted by atomic mass is 9.88. The van der Waals surface area contributed by atoms with Crippen LogP contribution in [0, 0.1) is 5.92 Å². The van der Waals surface area contributed by atoms with Gasteiger partial charge >= 0.3 is 0 Å². The Morgan fingerprint density at radius 2 is 1.79 bits per heavy atom. The molecule has 0 bridgehead atoms. The van der Waals surface area contributed by atoms with E-state index in [9.17, 15) is 13.2 Å². The van der Waals surface area contributed by atoms with Gasteiger partial charge in [-0.25, -0.2) is 12.7 Å². The number of fused-ring (bicyclic) bond motifs is 1. The molecule has 1 aliphatic carbocycles. The maximum atomic E-state index is 13.2. The highest BCUT2D eigenvalue weighted by atomic mass is 35.5. The monoisotopic (exact) mass is 522 g/mol. The summed E-state index contributed by atoms with van der Waals surface area (Å²) in [7, 11) is -3.66. The molecular formula is C26H32Cl2N2O3S. The van der Waals surface area contributed by atoms with Gasteiger partial charge in [0, 0.05) is 28.7 Å². The lowest BCUT2D eigenvalue weighted by Crippen LogP contribution is -2.46. The molecule has 0 radical (unpaired) electrons. The van der Waals surface area contributed by atoms with Gasteiger partial charge in [-0.2, -0.15) is 0 Å². The molecule has 2 aromatic rings. The van der Waals surface area contributed by atoms with Gasteiger partial charge in [0.25, 0.3) is 0 Å². The maximum Gasteiger partial charge on any atom is 0.224 e. The highest BCUT2D eigenvalue weighted by Gasteiger charge is 2.34. The fourth-order valence-corrected chi connectivity index (χ4v) is 7.40. The summed E-state index contributed by atoms with van der Waals surface area (Å²) in [6.45, 7) is 2.64. The minimum atomic E-state index is -3.66. The van der Waals surface area contributed by atoms with Crippen LogP contribution in [-0.2, 0) is 33.4 Å². The molecule has 0 spiro atoms. The van der Waals surface area contributed by atoms with E-state index in [1.807, 2.05) is 0 Å². The molecule has 34 heavy (non-hydrogen) atoms. The number of aryl methyl sites for hydroxylation is 2. The van der Waals surface area contributed by atoms with Crippen LogP contribution in [0.5, 0.6) is 0 Å². The van der Waals surface area contributed by atoms with Gasteiger partial charge in [0.1, 0.15) is 0 Å². The first-order valence-corrected chi connectivity index (χ1v) is 14.5. The molecule has 0 unspecified atom stereocenters. The number of rotatable bonds is 7. The molecule has 4 rings (SSSR count). The van der Waals surface area contributed by atoms with Crippen molar-refractivity contribution in [3.63, 3.8) is 0 Å². The number of nitrogens with zero attached hydrogens (tertiary/aromatic N) is 1. The van der Waals surface area contributed by atoms with Crippen molar-refractivity contribution >= 4 is 39.1 Å². The number of halogens is 2. The van der Waals surface area contributed by atoms with Gasteiger partial charge in [-0.3, -0.25) is 4.79 Å². The standard InChI is InChI=1S/C26H32Cl2N2O3S/c1-2-25(20-13-12-18-7-3-4-8-19(18)15-20)29-26(31)21-9-6-14-30(16-21)34(32,33)17-22-23(27)10-5-11-24(22)28/h5,10-13,15,21,25H,2-4,6-9,14,16-17H2,1H3,(H,29,31)/t21-,25-/m1/s1. The van der Waals surface area contributed by atoms with Crippen molar-refractivity contribution in [2.24, 2.45) is 5.92 Å². The van der Waals surface area contributed by atoms with Gasteiger partial charge in [0.05, 0.1) is 17.7 Å². The van der Waals surface area contributed by atoms with E-state index in [4.69, 9.17) is 23.2 Å². The Morgan fingerprint density at radius 1 is 1.09 bits per heavy atom. The van der Waals surface area contributed by atoms with E-state index in [0.29, 0.717) is 35.0 Å². The molecule has 2 atom stereocenters. The quantitative estimate of drug-likeness (QED) is 0.508. The Bertz CT molecular complexity index is 1130. The Kier molecular flexibility index (Phi) is 8.24. The number of sulfonamides is 1. The molecule has 1 fully saturated rings. The van der Waals surface area contributed by atoms with Crippen LogP contribution in [0.15, 0.2) is 36.4 Å². The Hall–Kier alpha value is -1.60. The van der Waals surface area contributed by atoms with E-state index < -0.39 is 10.0 Å². The minimum Gasteiger partial charge on any atom is -0.349 e. The van der Waals surface area contributed by atoms with E-state index in [-0.39, 0.29) is 30.2 Å². The Labute approximate surface area is 212 Å². The highest BCUT2D eigenvalue weighted by molar-refractivity contribution is 7.88. The lowest BCUT2D eigenvalue weighted by Gasteiger charge is -2.32. The van der Waals surface area contributed by atoms with Crippen LogP contribution < -0.4 is 5.32 Å². The fourth-order valence-electron chi connectivity index (χ4n) is 5.03. The van der Waals surface area contributed by atoms with Crippen LogP contribution in [0.4, 0.5) is 0 Å². The number of hydrogen-bond donors (Lipinski definition) is 1. The van der Waals surface area contributed by atoms with Crippen LogP contribution in [-0.4, -0.2) is 31.7 Å². The van der Waals surface area contributed by atoms with Crippen molar-refractivity contribution in [1.29, 1.82) is 0 Å². The number of carbonyl (C=O) groups is 1. The number of piperidine rings is 1. The third-order valence-corrected chi connectivity index (χ3v) is 9.52. The van der Waals surface area contributed by atoms with Gasteiger partial charge in [0.2, 0.25) is 15.9 Å². The van der Waals surface area contributed by atoms with Crippen molar-refractivity contribution in [2.75, 3.05) is 13.1 Å². The molecule has 0 aromatic heterocycles. The van der Waals surface area contributed by atoms with Crippen molar-refractivity contribution in [1.82, 2.24) is 9.62 Å². The number of amides is 1. The first-order valence-electron chi connectivity index (χ1n) is 12.1. The van der Waals surface area contributed by atoms with E-state index in [0.717, 1.165) is 24.8 Å². The molecule has 5 nitrogen and oxygen atoms in total. The van der Waals surface area contributed by atoms with Crippen LogP contribution >= 0.6 is 23.2 Å². The van der Waals surface area contributed by atoms with Crippen molar-refractivity contribution in [3.8, 4) is 0 Å². The van der Waals surface area contributed by atoms with Crippen LogP contribution in [0.25, 0.3) is 0 Å². The summed E-state index contributed by atoms with van der Waals surface area (Å²) in [6.07, 6.45) is 6.78. The molecule has 1 amide bonds. The van der Waals surface area contributed by atoms with Gasteiger partial charge < -0.3 is 5.32 Å². The van der Waals surface area contributed by atoms with Gasteiger partial charge in [-0.15, -0.1) is 0 Å². The molecular weight excluding hydrogens is 491 g/mol. The zero-order valence-electron chi connectivity index (χ0n) is 19.5. The molecule has 1 saturated heterocycles. The molecule has 8 heteroatoms. The second-order valence-corrected chi connectivity index (χ2v) is 12.1. The average Bonchev–Trinajstić information content (AvgIpc) is 2.84. The molecule has 1 N–H and O–H groups in total. The second-order valence-electron chi connectivity index (χ2n) is 9.36. The molecule has 2 aromatic carbocycles. The normalized spacial score (nSPS) is 19.9. The summed E-state index contributed by atoms with van der Waals surface area (Å²) in [5.74, 6) is -0.732. The van der Waals surface area contributed by atoms with Crippen molar-refractivity contribution in [2.45, 2.75) is 63.7 Å². The number of benzene rings is 2. The zero-order chi connectivity index (χ0) is 24.3. The molecule has 1 heterocycles. The fraction of sp³-hybridized carbons (Fsp3) is 0.500. The second kappa shape index (κ2) is 11.0. The van der Waals surface area contributed by atoms with Crippen molar-refractivity contribution < 1.29 is 13.2 Å². The lowest BCUT2D eigenvalue weighted by molar-refractivity contribution is -0.126. The Morgan fingerprint density at radius 3 is 2.50 bits per heavy atom. The van der Waals surface area contributed by atoms with Crippen LogP contribution in [0.1, 0.15) is 67.3 Å². The number of nitrogens with one attached hydrogen (secondary N) is 1. The average molecular weight is 524 g/mol. The molecule has 2 aliphatic rings. The summed E-state index contributed by atoms with van der Waals surface area (Å²) < 4.78 is 27.7. The Balaban J connectivity index is 1.43. The summed E-state index contributed by atoms with van der Waals surface area (Å²) in [6, 6.07) is 11.5. The van der Waals surface area contributed by atoms with E-state index >= 15 is 0 Å². The first kappa shape index (κ1) is 25.5. The molecule has 0 saturated carbocycles. The topological polar surface area (TPSA) is 66.5 Å². The SMILES string of the molecule is CC[C@@H](NC(=O)[C@@H]1CCCN(S(=O)(=O)Cc2c(Cl)cccc2Cl)C1)c1ccc2c(c1)CCCC2. The maximum absolute atomic E-state index is 13.2. The van der Waals surface area contributed by atoms with E-state index in [2.05, 4.69) is 30.4 Å². The summed E-state index contributed by atoms with van der Waals surface area (Å²) in [4.78, 5) is 13.2. The largest absolute Gasteiger partial charge is 0.349 e. The van der Waals surface area contributed by atoms with Gasteiger partial charge in [0.15, 0.2) is 0 Å². The van der Waals surface area contributed by atoms with Crippen molar-refractivity contribution in [3.05, 3.63) is 68.7 Å². The summed E-state index contributed by atoms with van der Waals surface area (Å²) in [5.41, 5.74) is 4.34. The van der Waals surface area contributed by atoms with Crippen LogP contribution in [0.2, 0.25) is 10.0 Å². The molecule has 184 valence electrons. The van der Waals surface area contributed by atoms with Gasteiger partial charge in [-0.05, 0) is 73.8 Å². The number of hydrogen-bond acceptors (Lipinski definition) is 3. The number of carbonyl (C=O) groups excluding carboxylic acids is 1. The predicted octanol–water partition coefficient (Wildman–Crippen LogP) is 5.68. The third-order valence-electron chi connectivity index (χ3n) is 7.04. The highest BCUT2D eigenvalue weighted by Crippen LogP contribution is 2.30. The van der Waals surface area contributed by atoms with Crippen LogP contribution in [0.3, 0.4) is 0 Å². The third kappa shape index (κ3) is 5.78. The first-order chi connectivity index (χ1) is 16.3. The predicted molar refractivity (Wildman–Crippen MR) is 138 cm³/mol. The van der Waals surface area contributed by atoms with Gasteiger partial charge in [-0.1, -0.05) is 54.4 Å². The zero-order valence-corrected chi connectivity index (χ0v) is 21.9. The smallest absolute Gasteiger partial charge is 0.224 e.